The predicted octanol–water partition coefficient (Wildman–Crippen LogP) is 8.89. The Morgan fingerprint density at radius 2 is 1.08 bits per heavy atom. The van der Waals surface area contributed by atoms with Crippen LogP contribution in [0.4, 0.5) is 26.3 Å². The SMILES string of the molecule is CC(Cn1c2cc(C=O)sc2c2sc3c4sc(C=O)cc4n(CC(C)CC(F)(F)F)c3c21)CC(F)(F)F. The summed E-state index contributed by atoms with van der Waals surface area (Å²) in [5.74, 6) is -1.55. The third-order valence-electron chi connectivity index (χ3n) is 6.24. The van der Waals surface area contributed by atoms with Crippen molar-refractivity contribution < 1.29 is 35.9 Å². The molecule has 0 saturated carbocycles. The van der Waals surface area contributed by atoms with Gasteiger partial charge in [-0.1, -0.05) is 13.8 Å². The van der Waals surface area contributed by atoms with Gasteiger partial charge in [-0.15, -0.1) is 34.0 Å². The minimum absolute atomic E-state index is 0.0247. The normalized spacial score (nSPS) is 14.9. The van der Waals surface area contributed by atoms with Crippen molar-refractivity contribution in [2.24, 2.45) is 11.8 Å². The molecule has 5 heterocycles. The Labute approximate surface area is 218 Å². The van der Waals surface area contributed by atoms with Gasteiger partial charge in [0.05, 0.1) is 50.6 Å². The first-order valence-electron chi connectivity index (χ1n) is 11.3. The summed E-state index contributed by atoms with van der Waals surface area (Å²) in [5.41, 5.74) is 2.58. The van der Waals surface area contributed by atoms with Gasteiger partial charge < -0.3 is 9.13 Å². The summed E-state index contributed by atoms with van der Waals surface area (Å²) in [5, 5.41) is 0. The summed E-state index contributed by atoms with van der Waals surface area (Å²) in [6, 6.07) is 3.30. The maximum absolute atomic E-state index is 13.2. The predicted molar refractivity (Wildman–Crippen MR) is 137 cm³/mol. The number of rotatable bonds is 8. The van der Waals surface area contributed by atoms with Crippen molar-refractivity contribution in [3.05, 3.63) is 21.9 Å². The number of carbonyl (C=O) groups is 2. The average molecular weight is 579 g/mol. The minimum Gasteiger partial charge on any atom is -0.337 e. The van der Waals surface area contributed by atoms with Gasteiger partial charge >= 0.3 is 12.4 Å². The first kappa shape index (κ1) is 26.2. The van der Waals surface area contributed by atoms with Gasteiger partial charge in [-0.05, 0) is 24.0 Å². The summed E-state index contributed by atoms with van der Waals surface area (Å²) in [4.78, 5) is 23.8. The van der Waals surface area contributed by atoms with Crippen molar-refractivity contribution in [2.45, 2.75) is 52.1 Å². The first-order chi connectivity index (χ1) is 17.3. The molecule has 0 saturated heterocycles. The molecule has 198 valence electrons. The monoisotopic (exact) mass is 578 g/mol. The van der Waals surface area contributed by atoms with Gasteiger partial charge in [0, 0.05) is 25.9 Å². The van der Waals surface area contributed by atoms with Crippen molar-refractivity contribution >= 4 is 87.4 Å². The Balaban J connectivity index is 1.78. The van der Waals surface area contributed by atoms with Crippen LogP contribution in [-0.2, 0) is 13.1 Å². The number of nitrogens with zero attached hydrogens (tertiary/aromatic N) is 2. The van der Waals surface area contributed by atoms with Crippen LogP contribution in [0.3, 0.4) is 0 Å². The number of thiophene rings is 3. The standard InChI is InChI=1S/C24H20F6N2O2S3/c1-11(5-23(25,26)27)7-31-15-3-13(9-33)35-19(15)21-17(31)18-22(37-21)20-16(4-14(10-34)36-20)32(18)8-12(2)6-24(28,29)30/h3-4,9-12H,5-8H2,1-2H3. The van der Waals surface area contributed by atoms with E-state index in [0.29, 0.717) is 44.4 Å². The summed E-state index contributed by atoms with van der Waals surface area (Å²) in [6.45, 7) is 3.05. The zero-order valence-corrected chi connectivity index (χ0v) is 21.9. The summed E-state index contributed by atoms with van der Waals surface area (Å²) in [6.07, 6.45) is -9.29. The lowest BCUT2D eigenvalue weighted by molar-refractivity contribution is -0.144. The molecule has 0 fully saturated rings. The molecule has 0 radical (unpaired) electrons. The molecule has 37 heavy (non-hydrogen) atoms. The number of halogens is 6. The molecule has 0 amide bonds. The molecule has 2 atom stereocenters. The van der Waals surface area contributed by atoms with Gasteiger partial charge in [0.1, 0.15) is 0 Å². The second-order valence-corrected chi connectivity index (χ2v) is 12.7. The molecule has 0 aliphatic carbocycles. The van der Waals surface area contributed by atoms with E-state index >= 15 is 0 Å². The van der Waals surface area contributed by atoms with Crippen molar-refractivity contribution in [3.8, 4) is 0 Å². The van der Waals surface area contributed by atoms with E-state index in [2.05, 4.69) is 0 Å². The Hall–Kier alpha value is -2.38. The van der Waals surface area contributed by atoms with Crippen LogP contribution in [0.15, 0.2) is 12.1 Å². The van der Waals surface area contributed by atoms with E-state index in [1.165, 1.54) is 47.9 Å². The number of fused-ring (bicyclic) bond motifs is 7. The third-order valence-corrected chi connectivity index (χ3v) is 9.83. The Morgan fingerprint density at radius 3 is 1.41 bits per heavy atom. The van der Waals surface area contributed by atoms with Gasteiger partial charge in [-0.25, -0.2) is 0 Å². The number of hydrogen-bond donors (Lipinski definition) is 0. The molecule has 2 unspecified atom stereocenters. The van der Waals surface area contributed by atoms with E-state index in [9.17, 15) is 35.9 Å². The fourth-order valence-electron chi connectivity index (χ4n) is 5.03. The van der Waals surface area contributed by atoms with E-state index < -0.39 is 37.0 Å². The van der Waals surface area contributed by atoms with Crippen LogP contribution in [0.1, 0.15) is 46.0 Å². The first-order valence-corrected chi connectivity index (χ1v) is 13.8. The summed E-state index contributed by atoms with van der Waals surface area (Å²) in [7, 11) is 0. The maximum Gasteiger partial charge on any atom is 0.389 e. The zero-order chi connectivity index (χ0) is 26.9. The van der Waals surface area contributed by atoms with Gasteiger partial charge in [0.15, 0.2) is 12.6 Å². The van der Waals surface area contributed by atoms with Gasteiger partial charge in [0.25, 0.3) is 0 Å². The number of carbonyl (C=O) groups excluding carboxylic acids is 2. The Bertz CT molecular complexity index is 1530. The lowest BCUT2D eigenvalue weighted by Gasteiger charge is -2.18. The molecule has 13 heteroatoms. The fourth-order valence-corrected chi connectivity index (χ4v) is 8.57. The number of aromatic nitrogens is 2. The topological polar surface area (TPSA) is 44.0 Å². The van der Waals surface area contributed by atoms with E-state index in [1.54, 1.807) is 21.3 Å². The van der Waals surface area contributed by atoms with Crippen molar-refractivity contribution in [2.75, 3.05) is 0 Å². The second-order valence-electron chi connectivity index (χ2n) is 9.49. The highest BCUT2D eigenvalue weighted by Gasteiger charge is 2.33. The lowest BCUT2D eigenvalue weighted by Crippen LogP contribution is -2.18. The second kappa shape index (κ2) is 9.12. The molecule has 5 aromatic rings. The molecular formula is C24H20F6N2O2S3. The number of hydrogen-bond acceptors (Lipinski definition) is 5. The van der Waals surface area contributed by atoms with Crippen LogP contribution < -0.4 is 0 Å². The number of alkyl halides is 6. The smallest absolute Gasteiger partial charge is 0.337 e. The highest BCUT2D eigenvalue weighted by molar-refractivity contribution is 7.34. The zero-order valence-electron chi connectivity index (χ0n) is 19.5. The molecular weight excluding hydrogens is 558 g/mol. The van der Waals surface area contributed by atoms with E-state index in [1.807, 2.05) is 0 Å². The highest BCUT2D eigenvalue weighted by Crippen LogP contribution is 2.49. The highest BCUT2D eigenvalue weighted by atomic mass is 32.1. The molecule has 0 N–H and O–H groups in total. The molecule has 0 spiro atoms. The molecule has 4 nitrogen and oxygen atoms in total. The van der Waals surface area contributed by atoms with Gasteiger partial charge in [-0.3, -0.25) is 9.59 Å². The van der Waals surface area contributed by atoms with Crippen LogP contribution in [0.25, 0.3) is 40.9 Å². The van der Waals surface area contributed by atoms with Crippen LogP contribution in [0.5, 0.6) is 0 Å². The molecule has 0 aromatic carbocycles. The fraction of sp³-hybridized carbons (Fsp3) is 0.417. The van der Waals surface area contributed by atoms with Crippen LogP contribution in [-0.4, -0.2) is 34.1 Å². The third kappa shape index (κ3) is 4.81. The lowest BCUT2D eigenvalue weighted by atomic mass is 10.1. The van der Waals surface area contributed by atoms with Crippen molar-refractivity contribution in [1.82, 2.24) is 9.13 Å². The van der Waals surface area contributed by atoms with Gasteiger partial charge in [-0.2, -0.15) is 26.3 Å². The molecule has 5 aromatic heterocycles. The molecule has 5 rings (SSSR count). The molecule has 0 aliphatic rings. The van der Waals surface area contributed by atoms with Crippen LogP contribution >= 0.6 is 34.0 Å². The summed E-state index contributed by atoms with van der Waals surface area (Å²) < 4.78 is 85.5. The average Bonchev–Trinajstić information content (AvgIpc) is 3.52. The number of aldehydes is 2. The largest absolute Gasteiger partial charge is 0.389 e. The van der Waals surface area contributed by atoms with E-state index in [0.717, 1.165) is 18.8 Å². The summed E-state index contributed by atoms with van der Waals surface area (Å²) >= 11 is 3.87. The van der Waals surface area contributed by atoms with Crippen molar-refractivity contribution in [1.29, 1.82) is 0 Å². The van der Waals surface area contributed by atoms with E-state index in [-0.39, 0.29) is 13.1 Å². The maximum atomic E-state index is 13.2. The molecule has 0 aliphatic heterocycles. The van der Waals surface area contributed by atoms with Crippen LogP contribution in [0, 0.1) is 11.8 Å². The van der Waals surface area contributed by atoms with Crippen molar-refractivity contribution in [3.63, 3.8) is 0 Å². The van der Waals surface area contributed by atoms with Crippen LogP contribution in [0.2, 0.25) is 0 Å². The quantitative estimate of drug-likeness (QED) is 0.136. The van der Waals surface area contributed by atoms with E-state index in [4.69, 9.17) is 0 Å². The molecule has 0 bridgehead atoms. The Morgan fingerprint density at radius 1 is 0.703 bits per heavy atom. The van der Waals surface area contributed by atoms with Gasteiger partial charge in [0.2, 0.25) is 0 Å². The Kier molecular flexibility index (Phi) is 6.47. The minimum atomic E-state index is -4.35.